The lowest BCUT2D eigenvalue weighted by atomic mass is 10.2. The first-order chi connectivity index (χ1) is 11.3. The van der Waals surface area contributed by atoms with Crippen LogP contribution in [0.4, 0.5) is 11.4 Å². The molecule has 0 unspecified atom stereocenters. The van der Waals surface area contributed by atoms with Crippen molar-refractivity contribution in [2.24, 2.45) is 0 Å². The highest BCUT2D eigenvalue weighted by atomic mass is 16.6. The number of nitro benzene ring substituents is 2. The summed E-state index contributed by atoms with van der Waals surface area (Å²) < 4.78 is 9.91. The van der Waals surface area contributed by atoms with Crippen LogP contribution >= 0.6 is 0 Å². The lowest BCUT2D eigenvalue weighted by Gasteiger charge is -2.08. The van der Waals surface area contributed by atoms with Gasteiger partial charge in [-0.15, -0.1) is 0 Å². The second kappa shape index (κ2) is 6.73. The summed E-state index contributed by atoms with van der Waals surface area (Å²) in [7, 11) is 1.16. The molecule has 2 aromatic rings. The molecule has 2 rings (SSSR count). The van der Waals surface area contributed by atoms with Crippen molar-refractivity contribution in [3.63, 3.8) is 0 Å². The highest BCUT2D eigenvalue weighted by molar-refractivity contribution is 5.90. The Bertz CT molecular complexity index is 833. The van der Waals surface area contributed by atoms with Crippen LogP contribution in [-0.4, -0.2) is 22.9 Å². The quantitative estimate of drug-likeness (QED) is 0.467. The summed E-state index contributed by atoms with van der Waals surface area (Å²) in [6.45, 7) is 1.66. The number of rotatable bonds is 5. The summed E-state index contributed by atoms with van der Waals surface area (Å²) in [4.78, 5) is 32.4. The van der Waals surface area contributed by atoms with Crippen molar-refractivity contribution in [1.29, 1.82) is 0 Å². The molecule has 0 heterocycles. The Labute approximate surface area is 135 Å². The van der Waals surface area contributed by atoms with Crippen molar-refractivity contribution in [2.45, 2.75) is 6.92 Å². The Morgan fingerprint density at radius 1 is 0.958 bits per heavy atom. The molecule has 124 valence electrons. The molecule has 0 aliphatic carbocycles. The molecule has 0 amide bonds. The van der Waals surface area contributed by atoms with E-state index in [9.17, 15) is 25.0 Å². The number of hydrogen-bond donors (Lipinski definition) is 0. The lowest BCUT2D eigenvalue weighted by Crippen LogP contribution is -2.03. The third-order valence-corrected chi connectivity index (χ3v) is 3.11. The molecule has 0 fully saturated rings. The van der Waals surface area contributed by atoms with Crippen LogP contribution in [-0.2, 0) is 4.74 Å². The van der Waals surface area contributed by atoms with Crippen molar-refractivity contribution in [3.05, 3.63) is 67.8 Å². The van der Waals surface area contributed by atoms with E-state index in [2.05, 4.69) is 4.74 Å². The summed E-state index contributed by atoms with van der Waals surface area (Å²) in [6.07, 6.45) is 0. The number of esters is 1. The van der Waals surface area contributed by atoms with E-state index in [4.69, 9.17) is 4.74 Å². The number of carbonyl (C=O) groups excluding carboxylic acids is 1. The highest BCUT2D eigenvalue weighted by Gasteiger charge is 2.23. The lowest BCUT2D eigenvalue weighted by molar-refractivity contribution is -0.387. The van der Waals surface area contributed by atoms with Gasteiger partial charge in [0.2, 0.25) is 11.5 Å². The van der Waals surface area contributed by atoms with E-state index < -0.39 is 21.5 Å². The van der Waals surface area contributed by atoms with Crippen LogP contribution in [0.15, 0.2) is 36.4 Å². The highest BCUT2D eigenvalue weighted by Crippen LogP contribution is 2.37. The van der Waals surface area contributed by atoms with E-state index in [-0.39, 0.29) is 22.7 Å². The maximum absolute atomic E-state index is 11.6. The summed E-state index contributed by atoms with van der Waals surface area (Å²) in [5.74, 6) is -1.18. The minimum Gasteiger partial charge on any atom is -0.465 e. The van der Waals surface area contributed by atoms with Crippen LogP contribution in [0.25, 0.3) is 0 Å². The van der Waals surface area contributed by atoms with Crippen molar-refractivity contribution in [3.8, 4) is 11.5 Å². The largest absolute Gasteiger partial charge is 0.465 e. The molecular weight excluding hydrogens is 320 g/mol. The summed E-state index contributed by atoms with van der Waals surface area (Å²) in [5.41, 5.74) is -0.120. The number of nitro groups is 2. The molecule has 2 aromatic carbocycles. The van der Waals surface area contributed by atoms with Crippen LogP contribution in [0.5, 0.6) is 11.5 Å². The minimum absolute atomic E-state index is 0.0212. The molecule has 0 radical (unpaired) electrons. The number of methoxy groups -OCH3 is 1. The molecule has 0 saturated carbocycles. The van der Waals surface area contributed by atoms with Crippen LogP contribution < -0.4 is 4.74 Å². The molecule has 0 saturated heterocycles. The molecule has 24 heavy (non-hydrogen) atoms. The van der Waals surface area contributed by atoms with Gasteiger partial charge in [-0.3, -0.25) is 20.2 Å². The molecule has 9 heteroatoms. The van der Waals surface area contributed by atoms with Gasteiger partial charge in [0.05, 0.1) is 22.5 Å². The first kappa shape index (κ1) is 16.9. The maximum Gasteiger partial charge on any atom is 0.337 e. The fraction of sp³-hybridized carbons (Fsp3) is 0.133. The van der Waals surface area contributed by atoms with E-state index in [1.807, 2.05) is 0 Å². The third-order valence-electron chi connectivity index (χ3n) is 3.11. The zero-order valence-corrected chi connectivity index (χ0v) is 12.7. The summed E-state index contributed by atoms with van der Waals surface area (Å²) in [6, 6.07) is 7.57. The topological polar surface area (TPSA) is 122 Å². The molecule has 0 aliphatic rings. The van der Waals surface area contributed by atoms with Crippen molar-refractivity contribution in [1.82, 2.24) is 0 Å². The second-order valence-corrected chi connectivity index (χ2v) is 4.76. The fourth-order valence-corrected chi connectivity index (χ4v) is 1.97. The van der Waals surface area contributed by atoms with Gasteiger partial charge in [0.25, 0.3) is 0 Å². The number of ether oxygens (including phenoxy) is 2. The van der Waals surface area contributed by atoms with Gasteiger partial charge in [0.1, 0.15) is 0 Å². The molecule has 0 aromatic heterocycles. The Hall–Kier alpha value is -3.49. The van der Waals surface area contributed by atoms with E-state index in [0.717, 1.165) is 19.2 Å². The Morgan fingerprint density at radius 2 is 1.62 bits per heavy atom. The number of hydrogen-bond acceptors (Lipinski definition) is 7. The smallest absolute Gasteiger partial charge is 0.337 e. The van der Waals surface area contributed by atoms with Gasteiger partial charge in [-0.1, -0.05) is 6.07 Å². The number of nitrogens with zero attached hydrogens (tertiary/aromatic N) is 2. The van der Waals surface area contributed by atoms with E-state index in [1.165, 1.54) is 18.2 Å². The van der Waals surface area contributed by atoms with Crippen LogP contribution in [0.1, 0.15) is 15.9 Å². The van der Waals surface area contributed by atoms with E-state index in [1.54, 1.807) is 13.0 Å². The zero-order valence-electron chi connectivity index (χ0n) is 12.7. The first-order valence-electron chi connectivity index (χ1n) is 6.63. The van der Waals surface area contributed by atoms with Gasteiger partial charge in [0.15, 0.2) is 0 Å². The maximum atomic E-state index is 11.6. The Kier molecular flexibility index (Phi) is 4.73. The summed E-state index contributed by atoms with van der Waals surface area (Å²) >= 11 is 0. The average Bonchev–Trinajstić information content (AvgIpc) is 2.55. The van der Waals surface area contributed by atoms with Gasteiger partial charge >= 0.3 is 17.3 Å². The van der Waals surface area contributed by atoms with E-state index >= 15 is 0 Å². The van der Waals surface area contributed by atoms with Crippen molar-refractivity contribution in [2.75, 3.05) is 7.11 Å². The molecule has 0 N–H and O–H groups in total. The normalized spacial score (nSPS) is 10.1. The predicted molar refractivity (Wildman–Crippen MR) is 82.3 cm³/mol. The minimum atomic E-state index is -0.715. The summed E-state index contributed by atoms with van der Waals surface area (Å²) in [5, 5.41) is 22.2. The molecule has 0 bridgehead atoms. The number of aryl methyl sites for hydroxylation is 1. The van der Waals surface area contributed by atoms with Crippen molar-refractivity contribution >= 4 is 17.3 Å². The molecule has 0 aliphatic heterocycles. The monoisotopic (exact) mass is 332 g/mol. The van der Waals surface area contributed by atoms with Gasteiger partial charge in [-0.25, -0.2) is 4.79 Å². The predicted octanol–water partition coefficient (Wildman–Crippen LogP) is 3.39. The van der Waals surface area contributed by atoms with Crippen LogP contribution in [0, 0.1) is 27.2 Å². The van der Waals surface area contributed by atoms with Crippen molar-refractivity contribution < 1.29 is 24.1 Å². The molecule has 0 atom stereocenters. The van der Waals surface area contributed by atoms with Gasteiger partial charge in [-0.2, -0.15) is 0 Å². The first-order valence-corrected chi connectivity index (χ1v) is 6.63. The Balaban J connectivity index is 2.54. The number of carbonyl (C=O) groups is 1. The molecule has 9 nitrogen and oxygen atoms in total. The fourth-order valence-electron chi connectivity index (χ4n) is 1.97. The zero-order chi connectivity index (χ0) is 17.9. The second-order valence-electron chi connectivity index (χ2n) is 4.76. The van der Waals surface area contributed by atoms with E-state index in [0.29, 0.717) is 5.56 Å². The average molecular weight is 332 g/mol. The third kappa shape index (κ3) is 3.46. The standard InChI is InChI=1S/C15H12N2O7/c1-9-3-6-13(12(7-9)17(21)22)24-14-8-10(15(18)23-2)4-5-11(14)16(19)20/h3-8H,1-2H3. The van der Waals surface area contributed by atoms with Gasteiger partial charge in [-0.05, 0) is 24.6 Å². The molecular formula is C15H12N2O7. The van der Waals surface area contributed by atoms with Gasteiger partial charge < -0.3 is 9.47 Å². The molecule has 0 spiro atoms. The Morgan fingerprint density at radius 3 is 2.21 bits per heavy atom. The SMILES string of the molecule is COC(=O)c1ccc([N+](=O)[O-])c(Oc2ccc(C)cc2[N+](=O)[O-])c1. The number of benzene rings is 2. The van der Waals surface area contributed by atoms with Crippen LogP contribution in [0.2, 0.25) is 0 Å². The van der Waals surface area contributed by atoms with Crippen LogP contribution in [0.3, 0.4) is 0 Å². The van der Waals surface area contributed by atoms with Gasteiger partial charge in [0, 0.05) is 18.2 Å².